The van der Waals surface area contributed by atoms with E-state index in [9.17, 15) is 8.42 Å². The number of hydrogen-bond acceptors (Lipinski definition) is 11. The fourth-order valence-electron chi connectivity index (χ4n) is 4.55. The highest BCUT2D eigenvalue weighted by Crippen LogP contribution is 2.40. The van der Waals surface area contributed by atoms with Gasteiger partial charge in [0.1, 0.15) is 10.8 Å². The molecule has 1 aromatic heterocycles. The summed E-state index contributed by atoms with van der Waals surface area (Å²) in [5.41, 5.74) is 9.12. The Kier molecular flexibility index (Phi) is 9.55. The summed E-state index contributed by atoms with van der Waals surface area (Å²) in [4.78, 5) is 12.8. The number of nitrogens with zero attached hydrogens (tertiary/aromatic N) is 3. The molecule has 0 radical (unpaired) electrons. The van der Waals surface area contributed by atoms with Crippen LogP contribution in [0.1, 0.15) is 50.2 Å². The molecule has 1 saturated heterocycles. The Hall–Kier alpha value is -2.93. The number of aromatic nitrogens is 2. The number of sulfone groups is 1. The predicted molar refractivity (Wildman–Crippen MR) is 159 cm³/mol. The van der Waals surface area contributed by atoms with Gasteiger partial charge in [0.2, 0.25) is 5.95 Å². The number of rotatable bonds is 11. The van der Waals surface area contributed by atoms with Gasteiger partial charge in [-0.3, -0.25) is 4.99 Å². The molecule has 5 N–H and O–H groups in total. The van der Waals surface area contributed by atoms with E-state index in [-0.39, 0.29) is 45.6 Å². The summed E-state index contributed by atoms with van der Waals surface area (Å²) >= 11 is 6.38. The van der Waals surface area contributed by atoms with Crippen LogP contribution >= 0.6 is 11.6 Å². The third-order valence-electron chi connectivity index (χ3n) is 7.01. The first-order valence-corrected chi connectivity index (χ1v) is 15.2. The Morgan fingerprint density at radius 1 is 1.30 bits per heavy atom. The maximum absolute atomic E-state index is 12.7. The molecule has 1 aliphatic carbocycles. The zero-order valence-corrected chi connectivity index (χ0v) is 25.1. The van der Waals surface area contributed by atoms with Gasteiger partial charge in [-0.25, -0.2) is 13.4 Å². The van der Waals surface area contributed by atoms with Gasteiger partial charge in [-0.1, -0.05) is 11.6 Å². The van der Waals surface area contributed by atoms with E-state index >= 15 is 0 Å². The van der Waals surface area contributed by atoms with Crippen LogP contribution in [0, 0.1) is 6.92 Å². The van der Waals surface area contributed by atoms with E-state index in [1.807, 2.05) is 6.07 Å². The average molecular weight is 592 g/mol. The minimum absolute atomic E-state index is 0.0652. The summed E-state index contributed by atoms with van der Waals surface area (Å²) in [6, 6.07) is 4.14. The van der Waals surface area contributed by atoms with E-state index in [1.54, 1.807) is 21.0 Å². The molecule has 2 unspecified atom stereocenters. The fourth-order valence-corrected chi connectivity index (χ4v) is 5.61. The number of piperidine rings is 1. The van der Waals surface area contributed by atoms with Gasteiger partial charge < -0.3 is 31.2 Å². The lowest BCUT2D eigenvalue weighted by Crippen LogP contribution is -2.40. The van der Waals surface area contributed by atoms with Gasteiger partial charge in [0.25, 0.3) is 0 Å². The summed E-state index contributed by atoms with van der Waals surface area (Å²) in [5, 5.41) is 8.70. The molecular formula is C27H38ClN7O4S. The summed E-state index contributed by atoms with van der Waals surface area (Å²) in [5.74, 6) is 1.39. The number of hydrogen-bond donors (Lipinski definition) is 4. The summed E-state index contributed by atoms with van der Waals surface area (Å²) in [7, 11) is -0.492. The molecule has 2 atom stereocenters. The fraction of sp³-hybridized carbons (Fsp3) is 0.519. The molecule has 1 aromatic carbocycles. The quantitative estimate of drug-likeness (QED) is 0.283. The van der Waals surface area contributed by atoms with Crippen molar-refractivity contribution in [2.75, 3.05) is 37.9 Å². The maximum atomic E-state index is 12.7. The number of allylic oxidation sites excluding steroid dienone is 1. The number of ether oxygens (including phenoxy) is 2. The van der Waals surface area contributed by atoms with Crippen molar-refractivity contribution in [3.8, 4) is 5.75 Å². The molecule has 11 nitrogen and oxygen atoms in total. The molecule has 2 heterocycles. The average Bonchev–Trinajstić information content (AvgIpc) is 3.75. The molecule has 2 aliphatic rings. The lowest BCUT2D eigenvalue weighted by atomic mass is 9.85. The Labute approximate surface area is 240 Å². The number of nitrogens with two attached hydrogens (primary N) is 1. The van der Waals surface area contributed by atoms with Crippen molar-refractivity contribution in [1.82, 2.24) is 15.3 Å². The first kappa shape index (κ1) is 30.0. The Bertz CT molecular complexity index is 1390. The summed E-state index contributed by atoms with van der Waals surface area (Å²) in [6.07, 6.45) is 5.99. The van der Waals surface area contributed by atoms with Gasteiger partial charge in [-0.15, -0.1) is 0 Å². The molecule has 40 heavy (non-hydrogen) atoms. The first-order chi connectivity index (χ1) is 19.0. The van der Waals surface area contributed by atoms with Crippen molar-refractivity contribution in [3.63, 3.8) is 0 Å². The molecule has 0 spiro atoms. The van der Waals surface area contributed by atoms with Crippen molar-refractivity contribution < 1.29 is 17.9 Å². The third-order valence-corrected chi connectivity index (χ3v) is 9.36. The molecule has 1 saturated carbocycles. The maximum Gasteiger partial charge on any atom is 0.229 e. The van der Waals surface area contributed by atoms with Crippen LogP contribution in [0.15, 0.2) is 34.0 Å². The highest BCUT2D eigenvalue weighted by Gasteiger charge is 2.30. The van der Waals surface area contributed by atoms with Crippen molar-refractivity contribution in [2.45, 2.75) is 63.4 Å². The van der Waals surface area contributed by atoms with Crippen molar-refractivity contribution in [2.24, 2.45) is 10.7 Å². The summed E-state index contributed by atoms with van der Waals surface area (Å²) < 4.78 is 37.5. The highest BCUT2D eigenvalue weighted by molar-refractivity contribution is 7.95. The predicted octanol–water partition coefficient (Wildman–Crippen LogP) is 3.88. The van der Waals surface area contributed by atoms with Crippen molar-refractivity contribution in [3.05, 3.63) is 45.2 Å². The van der Waals surface area contributed by atoms with Gasteiger partial charge in [-0.2, -0.15) is 4.98 Å². The highest BCUT2D eigenvalue weighted by atomic mass is 35.5. The number of methoxy groups -OCH3 is 1. The molecule has 4 rings (SSSR count). The Morgan fingerprint density at radius 3 is 2.70 bits per heavy atom. The second-order valence-electron chi connectivity index (χ2n) is 10.3. The van der Waals surface area contributed by atoms with E-state index < -0.39 is 15.1 Å². The van der Waals surface area contributed by atoms with Crippen molar-refractivity contribution in [1.29, 1.82) is 0 Å². The first-order valence-electron chi connectivity index (χ1n) is 13.3. The van der Waals surface area contributed by atoms with Gasteiger partial charge in [0.05, 0.1) is 35.0 Å². The third kappa shape index (κ3) is 6.85. The van der Waals surface area contributed by atoms with E-state index in [2.05, 4.69) is 43.9 Å². The topological polar surface area (TPSA) is 153 Å². The second-order valence-corrected chi connectivity index (χ2v) is 13.2. The summed E-state index contributed by atoms with van der Waals surface area (Å²) in [6.45, 7) is 6.91. The van der Waals surface area contributed by atoms with Crippen LogP contribution in [0.25, 0.3) is 0 Å². The molecule has 0 bridgehead atoms. The van der Waals surface area contributed by atoms with Crippen molar-refractivity contribution >= 4 is 45.1 Å². The minimum atomic E-state index is -3.75. The van der Waals surface area contributed by atoms with Gasteiger partial charge >= 0.3 is 0 Å². The molecular weight excluding hydrogens is 554 g/mol. The number of halogens is 1. The largest absolute Gasteiger partial charge is 0.488 e. The Morgan fingerprint density at radius 2 is 2.05 bits per heavy atom. The molecule has 13 heteroatoms. The van der Waals surface area contributed by atoms with Crippen LogP contribution in [0.4, 0.5) is 17.5 Å². The van der Waals surface area contributed by atoms with Gasteiger partial charge in [0.15, 0.2) is 20.7 Å². The standard InChI is InChI=1S/C27H38ClN7O4S/c1-15(2)40(36,37)25(29)22(13-30-4)33-26-20(28)12-32-27(35-26)34-21-10-16(3)19(11-23(21)39-17-6-7-17)18-8-9-31-14-24(18)38-5/h10-13,15,17-18,24,31H,6-9,14,29H2,1-5H3,(H2,32,33,34,35). The van der Waals surface area contributed by atoms with Crippen LogP contribution in [0.3, 0.4) is 0 Å². The molecule has 0 amide bonds. The van der Waals surface area contributed by atoms with Crippen LogP contribution < -0.4 is 26.4 Å². The zero-order chi connectivity index (χ0) is 29.0. The Balaban J connectivity index is 1.67. The van der Waals surface area contributed by atoms with Crippen LogP contribution in [-0.4, -0.2) is 69.3 Å². The molecule has 1 aliphatic heterocycles. The number of anilines is 3. The monoisotopic (exact) mass is 591 g/mol. The molecule has 2 aromatic rings. The van der Waals surface area contributed by atoms with Crippen LogP contribution in [0.2, 0.25) is 5.02 Å². The van der Waals surface area contributed by atoms with Crippen LogP contribution in [0.5, 0.6) is 5.75 Å². The lowest BCUT2D eigenvalue weighted by molar-refractivity contribution is 0.0622. The lowest BCUT2D eigenvalue weighted by Gasteiger charge is -2.33. The normalized spacial score (nSPS) is 20.5. The minimum Gasteiger partial charge on any atom is -0.488 e. The number of nitrogens with one attached hydrogen (secondary N) is 3. The number of aliphatic imine (C=N–C) groups is 1. The molecule has 2 fully saturated rings. The zero-order valence-electron chi connectivity index (χ0n) is 23.5. The SMILES string of the molecule is CN=CC(Nc1nc(Nc2cc(C)c(C3CCNCC3OC)cc2OC2CC2)ncc1Cl)=C(N)S(=O)(=O)C(C)C. The number of aryl methyl sites for hydroxylation is 1. The van der Waals surface area contributed by atoms with Gasteiger partial charge in [-0.05, 0) is 69.8 Å². The van der Waals surface area contributed by atoms with Gasteiger partial charge in [0, 0.05) is 32.8 Å². The van der Waals surface area contributed by atoms with Crippen LogP contribution in [-0.2, 0) is 14.6 Å². The van der Waals surface area contributed by atoms with E-state index in [1.165, 1.54) is 25.0 Å². The number of benzene rings is 1. The molecule has 218 valence electrons. The van der Waals surface area contributed by atoms with E-state index in [0.717, 1.165) is 49.4 Å². The second kappa shape index (κ2) is 12.7. The smallest absolute Gasteiger partial charge is 0.229 e. The van der Waals surface area contributed by atoms with E-state index in [0.29, 0.717) is 0 Å². The van der Waals surface area contributed by atoms with E-state index in [4.69, 9.17) is 26.8 Å².